The summed E-state index contributed by atoms with van der Waals surface area (Å²) in [5, 5.41) is 11.3. The van der Waals surface area contributed by atoms with Gasteiger partial charge in [-0.3, -0.25) is 9.59 Å². The molecule has 0 spiro atoms. The Morgan fingerprint density at radius 2 is 1.74 bits per heavy atom. The Balaban J connectivity index is 1.88. The number of hydrogen-bond acceptors (Lipinski definition) is 3. The molecule has 0 aliphatic carbocycles. The molecule has 0 aliphatic rings. The number of aryl methyl sites for hydroxylation is 1. The minimum atomic E-state index is -0.893. The number of anilines is 1. The van der Waals surface area contributed by atoms with Crippen LogP contribution < -0.4 is 10.1 Å². The number of nitrogens with one attached hydrogen (secondary N) is 1. The second kappa shape index (κ2) is 7.98. The van der Waals surface area contributed by atoms with Crippen molar-refractivity contribution < 1.29 is 19.4 Å². The van der Waals surface area contributed by atoms with Gasteiger partial charge in [-0.15, -0.1) is 0 Å². The Kier molecular flexibility index (Phi) is 5.74. The van der Waals surface area contributed by atoms with Crippen molar-refractivity contribution in [2.45, 2.75) is 26.2 Å². The van der Waals surface area contributed by atoms with E-state index in [-0.39, 0.29) is 18.7 Å². The molecule has 0 aromatic heterocycles. The molecular weight excluding hydrogens is 294 g/mol. The third-order valence-corrected chi connectivity index (χ3v) is 3.25. The summed E-state index contributed by atoms with van der Waals surface area (Å²) >= 11 is 0. The number of amides is 1. The van der Waals surface area contributed by atoms with Crippen LogP contribution in [0.15, 0.2) is 48.5 Å². The van der Waals surface area contributed by atoms with Gasteiger partial charge in [-0.25, -0.2) is 0 Å². The van der Waals surface area contributed by atoms with E-state index < -0.39 is 5.97 Å². The topological polar surface area (TPSA) is 75.6 Å². The molecule has 2 aromatic rings. The summed E-state index contributed by atoms with van der Waals surface area (Å²) in [5.74, 6) is 0.385. The largest absolute Gasteiger partial charge is 0.481 e. The molecule has 0 saturated heterocycles. The summed E-state index contributed by atoms with van der Waals surface area (Å²) in [5.41, 5.74) is 1.70. The number of para-hydroxylation sites is 1. The van der Waals surface area contributed by atoms with Gasteiger partial charge >= 0.3 is 5.97 Å². The van der Waals surface area contributed by atoms with Crippen LogP contribution in [0.2, 0.25) is 0 Å². The summed E-state index contributed by atoms with van der Waals surface area (Å²) in [7, 11) is 0. The van der Waals surface area contributed by atoms with E-state index in [4.69, 9.17) is 9.84 Å². The van der Waals surface area contributed by atoms with Crippen LogP contribution in [0.1, 0.15) is 24.8 Å². The Labute approximate surface area is 134 Å². The highest BCUT2D eigenvalue weighted by molar-refractivity contribution is 5.90. The van der Waals surface area contributed by atoms with Gasteiger partial charge in [-0.2, -0.15) is 0 Å². The van der Waals surface area contributed by atoms with Crippen LogP contribution in [0.5, 0.6) is 11.5 Å². The van der Waals surface area contributed by atoms with Crippen molar-refractivity contribution in [2.24, 2.45) is 0 Å². The monoisotopic (exact) mass is 313 g/mol. The van der Waals surface area contributed by atoms with E-state index in [1.165, 1.54) is 0 Å². The van der Waals surface area contributed by atoms with E-state index in [2.05, 4.69) is 5.32 Å². The molecular formula is C18H19NO4. The first-order valence-corrected chi connectivity index (χ1v) is 7.40. The number of ether oxygens (including phenoxy) is 1. The zero-order valence-electron chi connectivity index (χ0n) is 12.9. The van der Waals surface area contributed by atoms with Gasteiger partial charge in [0.25, 0.3) is 0 Å². The molecule has 0 heterocycles. The lowest BCUT2D eigenvalue weighted by Crippen LogP contribution is -2.11. The zero-order chi connectivity index (χ0) is 16.7. The zero-order valence-corrected chi connectivity index (χ0v) is 12.9. The molecule has 0 unspecified atom stereocenters. The van der Waals surface area contributed by atoms with E-state index in [0.717, 1.165) is 11.3 Å². The lowest BCUT2D eigenvalue weighted by Gasteiger charge is -2.09. The number of rotatable bonds is 7. The molecule has 0 bridgehead atoms. The van der Waals surface area contributed by atoms with E-state index in [9.17, 15) is 9.59 Å². The van der Waals surface area contributed by atoms with Gasteiger partial charge in [-0.1, -0.05) is 18.2 Å². The molecule has 1 amide bonds. The van der Waals surface area contributed by atoms with Crippen molar-refractivity contribution in [1.29, 1.82) is 0 Å². The first-order chi connectivity index (χ1) is 11.0. The number of carbonyl (C=O) groups is 2. The molecule has 2 rings (SSSR count). The molecule has 0 saturated carbocycles. The molecule has 0 fully saturated rings. The molecule has 2 N–H and O–H groups in total. The third-order valence-electron chi connectivity index (χ3n) is 3.25. The van der Waals surface area contributed by atoms with Crippen molar-refractivity contribution in [2.75, 3.05) is 5.32 Å². The molecule has 23 heavy (non-hydrogen) atoms. The van der Waals surface area contributed by atoms with Gasteiger partial charge in [0.2, 0.25) is 5.91 Å². The highest BCUT2D eigenvalue weighted by atomic mass is 16.5. The van der Waals surface area contributed by atoms with E-state index in [1.807, 2.05) is 31.2 Å². The smallest absolute Gasteiger partial charge is 0.303 e. The molecule has 5 nitrogen and oxygen atoms in total. The van der Waals surface area contributed by atoms with Crippen LogP contribution in [-0.2, 0) is 9.59 Å². The molecule has 0 aliphatic heterocycles. The SMILES string of the molecule is Cc1ccccc1Oc1ccc(NC(=O)CCCC(=O)O)cc1. The number of carbonyl (C=O) groups excluding carboxylic acids is 1. The fraction of sp³-hybridized carbons (Fsp3) is 0.222. The minimum absolute atomic E-state index is 0.00335. The first-order valence-electron chi connectivity index (χ1n) is 7.40. The maximum absolute atomic E-state index is 11.7. The van der Waals surface area contributed by atoms with Crippen molar-refractivity contribution in [3.05, 3.63) is 54.1 Å². The average molecular weight is 313 g/mol. The fourth-order valence-corrected chi connectivity index (χ4v) is 2.03. The third kappa shape index (κ3) is 5.47. The maximum Gasteiger partial charge on any atom is 0.303 e. The normalized spacial score (nSPS) is 10.1. The van der Waals surface area contributed by atoms with Crippen LogP contribution in [0.3, 0.4) is 0 Å². The Morgan fingerprint density at radius 3 is 2.39 bits per heavy atom. The fourth-order valence-electron chi connectivity index (χ4n) is 2.03. The van der Waals surface area contributed by atoms with Crippen molar-refractivity contribution in [3.63, 3.8) is 0 Å². The molecule has 0 radical (unpaired) electrons. The van der Waals surface area contributed by atoms with E-state index in [0.29, 0.717) is 17.9 Å². The van der Waals surface area contributed by atoms with Crippen LogP contribution in [-0.4, -0.2) is 17.0 Å². The van der Waals surface area contributed by atoms with Crippen LogP contribution in [0, 0.1) is 6.92 Å². The standard InChI is InChI=1S/C18H19NO4/c1-13-5-2-3-6-16(13)23-15-11-9-14(10-12-15)19-17(20)7-4-8-18(21)22/h2-3,5-6,9-12H,4,7-8H2,1H3,(H,19,20)(H,21,22). The Hall–Kier alpha value is -2.82. The highest BCUT2D eigenvalue weighted by Gasteiger charge is 2.05. The highest BCUT2D eigenvalue weighted by Crippen LogP contribution is 2.25. The molecule has 2 aromatic carbocycles. The van der Waals surface area contributed by atoms with Gasteiger partial charge in [0.1, 0.15) is 11.5 Å². The predicted octanol–water partition coefficient (Wildman–Crippen LogP) is 3.98. The lowest BCUT2D eigenvalue weighted by molar-refractivity contribution is -0.137. The molecule has 120 valence electrons. The lowest BCUT2D eigenvalue weighted by atomic mass is 10.2. The van der Waals surface area contributed by atoms with Crippen molar-refractivity contribution >= 4 is 17.6 Å². The van der Waals surface area contributed by atoms with Crippen molar-refractivity contribution in [1.82, 2.24) is 0 Å². The van der Waals surface area contributed by atoms with Gasteiger partial charge in [0, 0.05) is 18.5 Å². The minimum Gasteiger partial charge on any atom is -0.481 e. The Bertz CT molecular complexity index is 680. The second-order valence-corrected chi connectivity index (χ2v) is 5.19. The molecule has 0 atom stereocenters. The summed E-state index contributed by atoms with van der Waals surface area (Å²) in [6.07, 6.45) is 0.514. The number of benzene rings is 2. The van der Waals surface area contributed by atoms with Crippen LogP contribution >= 0.6 is 0 Å². The quantitative estimate of drug-likeness (QED) is 0.810. The van der Waals surface area contributed by atoms with Crippen LogP contribution in [0.4, 0.5) is 5.69 Å². The summed E-state index contributed by atoms with van der Waals surface area (Å²) in [6.45, 7) is 1.97. The van der Waals surface area contributed by atoms with Gasteiger partial charge in [-0.05, 0) is 49.2 Å². The van der Waals surface area contributed by atoms with E-state index >= 15 is 0 Å². The van der Waals surface area contributed by atoms with Crippen molar-refractivity contribution in [3.8, 4) is 11.5 Å². The average Bonchev–Trinajstić information content (AvgIpc) is 2.51. The van der Waals surface area contributed by atoms with Crippen LogP contribution in [0.25, 0.3) is 0 Å². The summed E-state index contributed by atoms with van der Waals surface area (Å²) < 4.78 is 5.78. The molecule has 5 heteroatoms. The summed E-state index contributed by atoms with van der Waals surface area (Å²) in [6, 6.07) is 14.8. The summed E-state index contributed by atoms with van der Waals surface area (Å²) in [4.78, 5) is 22.1. The van der Waals surface area contributed by atoms with Gasteiger partial charge in [0.05, 0.1) is 0 Å². The first kappa shape index (κ1) is 16.5. The predicted molar refractivity (Wildman–Crippen MR) is 87.8 cm³/mol. The number of carboxylic acids is 1. The number of aliphatic carboxylic acids is 1. The number of hydrogen-bond donors (Lipinski definition) is 2. The second-order valence-electron chi connectivity index (χ2n) is 5.19. The Morgan fingerprint density at radius 1 is 1.04 bits per heavy atom. The van der Waals surface area contributed by atoms with E-state index in [1.54, 1.807) is 24.3 Å². The van der Waals surface area contributed by atoms with Gasteiger partial charge in [0.15, 0.2) is 0 Å². The maximum atomic E-state index is 11.7. The number of carboxylic acid groups (broad SMARTS) is 1. The van der Waals surface area contributed by atoms with Gasteiger partial charge < -0.3 is 15.2 Å².